The predicted octanol–water partition coefficient (Wildman–Crippen LogP) is 2.87. The van der Waals surface area contributed by atoms with Gasteiger partial charge in [-0.25, -0.2) is 4.39 Å². The van der Waals surface area contributed by atoms with Crippen molar-refractivity contribution in [1.82, 2.24) is 4.90 Å². The molecular formula is C20H21FN2O3. The molecule has 2 aromatic carbocycles. The van der Waals surface area contributed by atoms with Crippen molar-refractivity contribution in [1.29, 1.82) is 0 Å². The first-order valence-electron chi connectivity index (χ1n) is 8.56. The van der Waals surface area contributed by atoms with Crippen molar-refractivity contribution >= 4 is 17.5 Å². The van der Waals surface area contributed by atoms with Crippen LogP contribution in [-0.2, 0) is 16.0 Å². The van der Waals surface area contributed by atoms with E-state index in [0.29, 0.717) is 31.0 Å². The van der Waals surface area contributed by atoms with Gasteiger partial charge in [-0.1, -0.05) is 12.1 Å². The molecule has 0 aliphatic carbocycles. The summed E-state index contributed by atoms with van der Waals surface area (Å²) in [7, 11) is 0. The molecule has 1 N–H and O–H groups in total. The van der Waals surface area contributed by atoms with Crippen LogP contribution in [0.2, 0.25) is 0 Å². The van der Waals surface area contributed by atoms with Crippen molar-refractivity contribution in [2.45, 2.75) is 19.4 Å². The lowest BCUT2D eigenvalue weighted by Crippen LogP contribution is -2.47. The van der Waals surface area contributed by atoms with Crippen LogP contribution in [-0.4, -0.2) is 42.5 Å². The van der Waals surface area contributed by atoms with Crippen molar-refractivity contribution in [2.24, 2.45) is 0 Å². The number of nitrogens with one attached hydrogen (secondary N) is 1. The van der Waals surface area contributed by atoms with Crippen LogP contribution in [0.4, 0.5) is 10.1 Å². The number of benzene rings is 2. The number of rotatable bonds is 4. The van der Waals surface area contributed by atoms with E-state index in [-0.39, 0.29) is 30.1 Å². The van der Waals surface area contributed by atoms with Crippen LogP contribution >= 0.6 is 0 Å². The Balaban J connectivity index is 1.59. The molecule has 1 aliphatic rings. The lowest BCUT2D eigenvalue weighted by Gasteiger charge is -2.33. The van der Waals surface area contributed by atoms with Gasteiger partial charge in [0.25, 0.3) is 5.91 Å². The van der Waals surface area contributed by atoms with Gasteiger partial charge in [0, 0.05) is 17.8 Å². The van der Waals surface area contributed by atoms with Crippen LogP contribution in [0.15, 0.2) is 48.5 Å². The van der Waals surface area contributed by atoms with Gasteiger partial charge in [-0.2, -0.15) is 0 Å². The van der Waals surface area contributed by atoms with Gasteiger partial charge in [-0.15, -0.1) is 0 Å². The first kappa shape index (κ1) is 18.1. The fourth-order valence-corrected chi connectivity index (χ4v) is 2.88. The number of ether oxygens (including phenoxy) is 1. The minimum atomic E-state index is -0.330. The Hall–Kier alpha value is -2.73. The second-order valence-corrected chi connectivity index (χ2v) is 6.35. The number of carbonyl (C=O) groups is 2. The van der Waals surface area contributed by atoms with E-state index in [1.165, 1.54) is 12.1 Å². The van der Waals surface area contributed by atoms with Gasteiger partial charge < -0.3 is 15.0 Å². The smallest absolute Gasteiger partial charge is 0.254 e. The molecule has 1 fully saturated rings. The van der Waals surface area contributed by atoms with Gasteiger partial charge in [-0.05, 0) is 48.9 Å². The molecule has 6 heteroatoms. The molecule has 0 radical (unpaired) electrons. The molecule has 2 amide bonds. The molecule has 26 heavy (non-hydrogen) atoms. The fourth-order valence-electron chi connectivity index (χ4n) is 2.88. The van der Waals surface area contributed by atoms with Crippen LogP contribution < -0.4 is 5.32 Å². The zero-order valence-electron chi connectivity index (χ0n) is 14.6. The van der Waals surface area contributed by atoms with E-state index in [2.05, 4.69) is 5.32 Å². The number of amides is 2. The van der Waals surface area contributed by atoms with Gasteiger partial charge in [-0.3, -0.25) is 9.59 Å². The third-order valence-corrected chi connectivity index (χ3v) is 4.32. The number of nitrogens with zero attached hydrogens (tertiary/aromatic N) is 1. The third kappa shape index (κ3) is 4.46. The van der Waals surface area contributed by atoms with E-state index in [1.807, 2.05) is 6.92 Å². The quantitative estimate of drug-likeness (QED) is 0.916. The summed E-state index contributed by atoms with van der Waals surface area (Å²) in [6.07, 6.45) is 0.159. The third-order valence-electron chi connectivity index (χ3n) is 4.32. The molecule has 2 aromatic rings. The molecule has 0 bridgehead atoms. The normalized spacial score (nSPS) is 17.0. The molecule has 5 nitrogen and oxygen atoms in total. The Morgan fingerprint density at radius 2 is 1.85 bits per heavy atom. The molecule has 0 spiro atoms. The van der Waals surface area contributed by atoms with Gasteiger partial charge >= 0.3 is 0 Å². The number of anilines is 1. The maximum absolute atomic E-state index is 12.9. The summed E-state index contributed by atoms with van der Waals surface area (Å²) in [5, 5.41) is 2.78. The van der Waals surface area contributed by atoms with E-state index in [0.717, 1.165) is 5.56 Å². The second kappa shape index (κ2) is 8.10. The molecule has 0 aromatic heterocycles. The maximum Gasteiger partial charge on any atom is 0.254 e. The maximum atomic E-state index is 12.9. The Morgan fingerprint density at radius 3 is 2.50 bits per heavy atom. The second-order valence-electron chi connectivity index (χ2n) is 6.35. The summed E-state index contributed by atoms with van der Waals surface area (Å²) in [5.41, 5.74) is 1.93. The first-order valence-corrected chi connectivity index (χ1v) is 8.56. The largest absolute Gasteiger partial charge is 0.377 e. The van der Waals surface area contributed by atoms with Crippen molar-refractivity contribution in [3.05, 3.63) is 65.5 Å². The number of hydrogen-bond acceptors (Lipinski definition) is 3. The average molecular weight is 356 g/mol. The summed E-state index contributed by atoms with van der Waals surface area (Å²) in [6, 6.07) is 12.7. The topological polar surface area (TPSA) is 58.6 Å². The van der Waals surface area contributed by atoms with Crippen LogP contribution in [0.5, 0.6) is 0 Å². The standard InChI is InChI=1S/C20H21FN2O3/c1-14-13-26-11-10-23(14)20(25)16-4-8-18(9-5-16)22-19(24)12-15-2-6-17(21)7-3-15/h2-9,14H,10-13H2,1H3,(H,22,24). The zero-order chi connectivity index (χ0) is 18.5. The van der Waals surface area contributed by atoms with Gasteiger partial charge in [0.2, 0.25) is 5.91 Å². The predicted molar refractivity (Wildman–Crippen MR) is 96.5 cm³/mol. The Labute approximate surface area is 151 Å². The first-order chi connectivity index (χ1) is 12.5. The molecular weight excluding hydrogens is 335 g/mol. The van der Waals surface area contributed by atoms with E-state index >= 15 is 0 Å². The number of morpholine rings is 1. The van der Waals surface area contributed by atoms with E-state index in [4.69, 9.17) is 4.74 Å². The van der Waals surface area contributed by atoms with E-state index in [1.54, 1.807) is 41.3 Å². The lowest BCUT2D eigenvalue weighted by molar-refractivity contribution is -0.115. The summed E-state index contributed by atoms with van der Waals surface area (Å²) in [4.78, 5) is 26.4. The van der Waals surface area contributed by atoms with Crippen molar-refractivity contribution in [3.8, 4) is 0 Å². The van der Waals surface area contributed by atoms with E-state index in [9.17, 15) is 14.0 Å². The van der Waals surface area contributed by atoms with Crippen LogP contribution in [0, 0.1) is 5.82 Å². The molecule has 1 aliphatic heterocycles. The summed E-state index contributed by atoms with van der Waals surface area (Å²) < 4.78 is 18.2. The number of halogens is 1. The fraction of sp³-hybridized carbons (Fsp3) is 0.300. The summed E-state index contributed by atoms with van der Waals surface area (Å²) in [6.45, 7) is 3.63. The van der Waals surface area contributed by atoms with Crippen molar-refractivity contribution < 1.29 is 18.7 Å². The van der Waals surface area contributed by atoms with Gasteiger partial charge in [0.1, 0.15) is 5.82 Å². The minimum Gasteiger partial charge on any atom is -0.377 e. The average Bonchev–Trinajstić information content (AvgIpc) is 2.64. The van der Waals surface area contributed by atoms with E-state index < -0.39 is 0 Å². The molecule has 1 saturated heterocycles. The highest BCUT2D eigenvalue weighted by Crippen LogP contribution is 2.15. The molecule has 1 heterocycles. The molecule has 0 saturated carbocycles. The molecule has 1 unspecified atom stereocenters. The lowest BCUT2D eigenvalue weighted by atomic mass is 10.1. The number of hydrogen-bond donors (Lipinski definition) is 1. The molecule has 136 valence electrons. The Kier molecular flexibility index (Phi) is 5.63. The zero-order valence-corrected chi connectivity index (χ0v) is 14.6. The van der Waals surface area contributed by atoms with Crippen LogP contribution in [0.3, 0.4) is 0 Å². The Bertz CT molecular complexity index is 775. The molecule has 1 atom stereocenters. The van der Waals surface area contributed by atoms with Gasteiger partial charge in [0.05, 0.1) is 25.7 Å². The summed E-state index contributed by atoms with van der Waals surface area (Å²) in [5.74, 6) is -0.563. The highest BCUT2D eigenvalue weighted by atomic mass is 19.1. The monoisotopic (exact) mass is 356 g/mol. The molecule has 3 rings (SSSR count). The minimum absolute atomic E-state index is 0.0370. The number of carbonyl (C=O) groups excluding carboxylic acids is 2. The van der Waals surface area contributed by atoms with Crippen LogP contribution in [0.1, 0.15) is 22.8 Å². The SMILES string of the molecule is CC1COCCN1C(=O)c1ccc(NC(=O)Cc2ccc(F)cc2)cc1. The van der Waals surface area contributed by atoms with Gasteiger partial charge in [0.15, 0.2) is 0 Å². The summed E-state index contributed by atoms with van der Waals surface area (Å²) >= 11 is 0. The highest BCUT2D eigenvalue weighted by molar-refractivity contribution is 5.96. The van der Waals surface area contributed by atoms with Crippen LogP contribution in [0.25, 0.3) is 0 Å². The highest BCUT2D eigenvalue weighted by Gasteiger charge is 2.24. The van der Waals surface area contributed by atoms with Crippen molar-refractivity contribution in [2.75, 3.05) is 25.1 Å². The Morgan fingerprint density at radius 1 is 1.15 bits per heavy atom. The van der Waals surface area contributed by atoms with Crippen molar-refractivity contribution in [3.63, 3.8) is 0 Å².